The number of anilines is 1. The van der Waals surface area contributed by atoms with Crippen LogP contribution in [0.4, 0.5) is 5.69 Å². The Bertz CT molecular complexity index is 852. The van der Waals surface area contributed by atoms with Gasteiger partial charge in [-0.3, -0.25) is 4.79 Å². The minimum absolute atomic E-state index is 0.130. The van der Waals surface area contributed by atoms with E-state index in [0.717, 1.165) is 5.56 Å². The SMILES string of the molecule is CCOC(=O)c1c(C)[nH]c(C(=O)O[C@H](C)C(=O)Nc2ccc(C)cc2)c1C. The zero-order valence-corrected chi connectivity index (χ0v) is 16.1. The van der Waals surface area contributed by atoms with Gasteiger partial charge in [0.25, 0.3) is 5.91 Å². The fourth-order valence-corrected chi connectivity index (χ4v) is 2.62. The summed E-state index contributed by atoms with van der Waals surface area (Å²) in [6.45, 7) is 8.67. The van der Waals surface area contributed by atoms with Gasteiger partial charge in [0.15, 0.2) is 6.10 Å². The number of esters is 2. The molecule has 0 aliphatic heterocycles. The highest BCUT2D eigenvalue weighted by Gasteiger charge is 2.26. The van der Waals surface area contributed by atoms with Gasteiger partial charge in [0.1, 0.15) is 5.69 Å². The smallest absolute Gasteiger partial charge is 0.355 e. The zero-order valence-electron chi connectivity index (χ0n) is 16.1. The van der Waals surface area contributed by atoms with Gasteiger partial charge < -0.3 is 19.8 Å². The standard InChI is InChI=1S/C20H24N2O5/c1-6-26-19(24)16-12(3)17(21-13(16)4)20(25)27-14(5)18(23)22-15-9-7-11(2)8-10-15/h7-10,14,21H,6H2,1-5H3,(H,22,23)/t14-/m1/s1. The fraction of sp³-hybridized carbons (Fsp3) is 0.350. The topological polar surface area (TPSA) is 97.5 Å². The number of H-pyrrole nitrogens is 1. The van der Waals surface area contributed by atoms with E-state index in [9.17, 15) is 14.4 Å². The Hall–Kier alpha value is -3.09. The second-order valence-corrected chi connectivity index (χ2v) is 6.25. The number of hydrogen-bond donors (Lipinski definition) is 2. The van der Waals surface area contributed by atoms with Gasteiger partial charge in [-0.05, 0) is 52.3 Å². The van der Waals surface area contributed by atoms with Crippen LogP contribution in [0.5, 0.6) is 0 Å². The summed E-state index contributed by atoms with van der Waals surface area (Å²) in [7, 11) is 0. The lowest BCUT2D eigenvalue weighted by atomic mass is 10.1. The third-order valence-corrected chi connectivity index (χ3v) is 4.09. The van der Waals surface area contributed by atoms with Crippen LogP contribution in [0.25, 0.3) is 0 Å². The average molecular weight is 372 g/mol. The van der Waals surface area contributed by atoms with E-state index >= 15 is 0 Å². The molecule has 0 radical (unpaired) electrons. The maximum Gasteiger partial charge on any atom is 0.355 e. The Morgan fingerprint density at radius 3 is 2.30 bits per heavy atom. The van der Waals surface area contributed by atoms with E-state index in [0.29, 0.717) is 22.5 Å². The van der Waals surface area contributed by atoms with Crippen LogP contribution in [-0.2, 0) is 14.3 Å². The molecule has 2 N–H and O–H groups in total. The highest BCUT2D eigenvalue weighted by atomic mass is 16.5. The summed E-state index contributed by atoms with van der Waals surface area (Å²) in [5.74, 6) is -1.66. The molecule has 1 heterocycles. The van der Waals surface area contributed by atoms with Gasteiger partial charge in [-0.15, -0.1) is 0 Å². The third-order valence-electron chi connectivity index (χ3n) is 4.09. The van der Waals surface area contributed by atoms with Crippen molar-refractivity contribution in [1.29, 1.82) is 0 Å². The third kappa shape index (κ3) is 4.75. The van der Waals surface area contributed by atoms with E-state index in [4.69, 9.17) is 9.47 Å². The molecule has 0 bridgehead atoms. The van der Waals surface area contributed by atoms with Crippen molar-refractivity contribution in [3.63, 3.8) is 0 Å². The second kappa shape index (κ2) is 8.53. The van der Waals surface area contributed by atoms with Crippen LogP contribution >= 0.6 is 0 Å². The van der Waals surface area contributed by atoms with Crippen LogP contribution in [0.2, 0.25) is 0 Å². The first-order chi connectivity index (χ1) is 12.7. The first-order valence-corrected chi connectivity index (χ1v) is 8.69. The molecule has 2 aromatic rings. The number of aromatic amines is 1. The number of aryl methyl sites for hydroxylation is 2. The molecule has 0 aliphatic carbocycles. The largest absolute Gasteiger partial charge is 0.462 e. The molecule has 0 aliphatic rings. The zero-order chi connectivity index (χ0) is 20.1. The van der Waals surface area contributed by atoms with Crippen LogP contribution in [0.3, 0.4) is 0 Å². The first kappa shape index (κ1) is 20.2. The van der Waals surface area contributed by atoms with Gasteiger partial charge in [-0.2, -0.15) is 0 Å². The fourth-order valence-electron chi connectivity index (χ4n) is 2.62. The number of amides is 1. The highest BCUT2D eigenvalue weighted by molar-refractivity contribution is 6.00. The van der Waals surface area contributed by atoms with Gasteiger partial charge in [-0.25, -0.2) is 9.59 Å². The van der Waals surface area contributed by atoms with Crippen LogP contribution < -0.4 is 5.32 Å². The predicted molar refractivity (Wildman–Crippen MR) is 101 cm³/mol. The van der Waals surface area contributed by atoms with Crippen molar-refractivity contribution in [1.82, 2.24) is 4.98 Å². The minimum atomic E-state index is -1.01. The average Bonchev–Trinajstić information content (AvgIpc) is 2.91. The summed E-state index contributed by atoms with van der Waals surface area (Å²) in [5, 5.41) is 2.69. The molecule has 0 spiro atoms. The lowest BCUT2D eigenvalue weighted by Crippen LogP contribution is -2.30. The van der Waals surface area contributed by atoms with E-state index < -0.39 is 23.9 Å². The van der Waals surface area contributed by atoms with Crippen molar-refractivity contribution in [3.8, 4) is 0 Å². The molecular weight excluding hydrogens is 348 g/mol. The Kier molecular flexibility index (Phi) is 6.39. The van der Waals surface area contributed by atoms with Crippen LogP contribution in [-0.4, -0.2) is 35.5 Å². The van der Waals surface area contributed by atoms with Gasteiger partial charge in [0.05, 0.1) is 12.2 Å². The van der Waals surface area contributed by atoms with Crippen LogP contribution in [0, 0.1) is 20.8 Å². The van der Waals surface area contributed by atoms with Crippen LogP contribution in [0.1, 0.15) is 51.5 Å². The Balaban J connectivity index is 2.07. The molecule has 2 rings (SSSR count). The van der Waals surface area contributed by atoms with E-state index in [1.54, 1.807) is 32.9 Å². The van der Waals surface area contributed by atoms with Gasteiger partial charge in [-0.1, -0.05) is 17.7 Å². The Morgan fingerprint density at radius 1 is 1.07 bits per heavy atom. The van der Waals surface area contributed by atoms with Crippen molar-refractivity contribution in [2.75, 3.05) is 11.9 Å². The number of aromatic nitrogens is 1. The van der Waals surface area contributed by atoms with Crippen molar-refractivity contribution in [2.24, 2.45) is 0 Å². The lowest BCUT2D eigenvalue weighted by molar-refractivity contribution is -0.123. The van der Waals surface area contributed by atoms with Crippen molar-refractivity contribution in [2.45, 2.75) is 40.7 Å². The summed E-state index contributed by atoms with van der Waals surface area (Å²) < 4.78 is 10.3. The number of ether oxygens (including phenoxy) is 2. The quantitative estimate of drug-likeness (QED) is 0.758. The highest BCUT2D eigenvalue weighted by Crippen LogP contribution is 2.20. The number of nitrogens with one attached hydrogen (secondary N) is 2. The molecule has 1 aromatic carbocycles. The summed E-state index contributed by atoms with van der Waals surface area (Å²) in [5.41, 5.74) is 3.07. The summed E-state index contributed by atoms with van der Waals surface area (Å²) in [6, 6.07) is 7.28. The maximum absolute atomic E-state index is 12.4. The van der Waals surface area contributed by atoms with E-state index in [-0.39, 0.29) is 12.3 Å². The number of carbonyl (C=O) groups excluding carboxylic acids is 3. The van der Waals surface area contributed by atoms with Gasteiger partial charge in [0, 0.05) is 11.4 Å². The molecule has 27 heavy (non-hydrogen) atoms. The normalized spacial score (nSPS) is 11.6. The number of carbonyl (C=O) groups is 3. The molecule has 0 fully saturated rings. The number of hydrogen-bond acceptors (Lipinski definition) is 5. The summed E-state index contributed by atoms with van der Waals surface area (Å²) in [4.78, 5) is 39.5. The Morgan fingerprint density at radius 2 is 1.70 bits per heavy atom. The minimum Gasteiger partial charge on any atom is -0.462 e. The molecule has 0 saturated heterocycles. The van der Waals surface area contributed by atoms with E-state index in [1.807, 2.05) is 19.1 Å². The molecule has 1 aromatic heterocycles. The molecule has 7 heteroatoms. The van der Waals surface area contributed by atoms with Crippen LogP contribution in [0.15, 0.2) is 24.3 Å². The molecular formula is C20H24N2O5. The molecule has 7 nitrogen and oxygen atoms in total. The molecule has 1 atom stereocenters. The lowest BCUT2D eigenvalue weighted by Gasteiger charge is -2.13. The summed E-state index contributed by atoms with van der Waals surface area (Å²) >= 11 is 0. The molecule has 1 amide bonds. The second-order valence-electron chi connectivity index (χ2n) is 6.25. The molecule has 144 valence electrons. The van der Waals surface area contributed by atoms with E-state index in [2.05, 4.69) is 10.3 Å². The van der Waals surface area contributed by atoms with E-state index in [1.165, 1.54) is 6.92 Å². The van der Waals surface area contributed by atoms with Gasteiger partial charge in [0.2, 0.25) is 0 Å². The number of rotatable bonds is 6. The number of benzene rings is 1. The Labute approximate surface area is 158 Å². The monoisotopic (exact) mass is 372 g/mol. The van der Waals surface area contributed by atoms with Gasteiger partial charge >= 0.3 is 11.9 Å². The van der Waals surface area contributed by atoms with Crippen molar-refractivity contribution < 1.29 is 23.9 Å². The predicted octanol–water partition coefficient (Wildman–Crippen LogP) is 3.30. The summed E-state index contributed by atoms with van der Waals surface area (Å²) in [6.07, 6.45) is -1.01. The molecule has 0 saturated carbocycles. The van der Waals surface area contributed by atoms with Crippen molar-refractivity contribution >= 4 is 23.5 Å². The first-order valence-electron chi connectivity index (χ1n) is 8.69. The maximum atomic E-state index is 12.4. The van der Waals surface area contributed by atoms with Crippen molar-refractivity contribution in [3.05, 3.63) is 52.3 Å². The molecule has 0 unspecified atom stereocenters.